The SMILES string of the molecule is Cc1nn(C)c2c1c(-c1ccccc1)cc(=O)n2C(C)C(=O)N1CCC2(CC1)OCCO2. The van der Waals surface area contributed by atoms with Crippen LogP contribution in [0.4, 0.5) is 0 Å². The van der Waals surface area contributed by atoms with Crippen molar-refractivity contribution < 1.29 is 14.3 Å². The Hall–Kier alpha value is -2.97. The third-order valence-electron chi connectivity index (χ3n) is 6.67. The molecule has 32 heavy (non-hydrogen) atoms. The van der Waals surface area contributed by atoms with Gasteiger partial charge in [-0.2, -0.15) is 5.10 Å². The molecule has 168 valence electrons. The Morgan fingerprint density at radius 3 is 2.44 bits per heavy atom. The topological polar surface area (TPSA) is 78.6 Å². The number of hydrogen-bond donors (Lipinski definition) is 0. The average molecular weight is 437 g/mol. The zero-order chi connectivity index (χ0) is 22.5. The fourth-order valence-electron chi connectivity index (χ4n) is 5.06. The summed E-state index contributed by atoms with van der Waals surface area (Å²) in [7, 11) is 1.82. The lowest BCUT2D eigenvalue weighted by atomic mass is 10.0. The second kappa shape index (κ2) is 7.86. The van der Waals surface area contributed by atoms with Crippen LogP contribution in [-0.2, 0) is 21.3 Å². The van der Waals surface area contributed by atoms with E-state index in [1.54, 1.807) is 22.2 Å². The first-order chi connectivity index (χ1) is 15.4. The Morgan fingerprint density at radius 2 is 1.78 bits per heavy atom. The largest absolute Gasteiger partial charge is 0.347 e. The Labute approximate surface area is 186 Å². The average Bonchev–Trinajstić information content (AvgIpc) is 3.37. The highest BCUT2D eigenvalue weighted by molar-refractivity contribution is 5.96. The number of aromatic nitrogens is 3. The van der Waals surface area contributed by atoms with Gasteiger partial charge in [-0.25, -0.2) is 0 Å². The van der Waals surface area contributed by atoms with Crippen molar-refractivity contribution >= 4 is 16.9 Å². The lowest BCUT2D eigenvalue weighted by molar-refractivity contribution is -0.188. The zero-order valence-electron chi connectivity index (χ0n) is 18.7. The van der Waals surface area contributed by atoms with Crippen molar-refractivity contribution in [2.24, 2.45) is 7.05 Å². The summed E-state index contributed by atoms with van der Waals surface area (Å²) in [5.74, 6) is -0.617. The molecule has 2 aliphatic rings. The monoisotopic (exact) mass is 436 g/mol. The normalized spacial score (nSPS) is 19.0. The second-order valence-electron chi connectivity index (χ2n) is 8.65. The summed E-state index contributed by atoms with van der Waals surface area (Å²) in [5.41, 5.74) is 3.06. The first kappa shape index (κ1) is 20.9. The van der Waals surface area contributed by atoms with Crippen LogP contribution >= 0.6 is 0 Å². The predicted molar refractivity (Wildman–Crippen MR) is 120 cm³/mol. The lowest BCUT2D eigenvalue weighted by Gasteiger charge is -2.38. The minimum absolute atomic E-state index is 0.0763. The quantitative estimate of drug-likeness (QED) is 0.631. The van der Waals surface area contributed by atoms with E-state index in [-0.39, 0.29) is 11.5 Å². The van der Waals surface area contributed by atoms with E-state index in [1.165, 1.54) is 0 Å². The maximum absolute atomic E-state index is 13.4. The number of rotatable bonds is 3. The molecule has 8 nitrogen and oxygen atoms in total. The van der Waals surface area contributed by atoms with Crippen LogP contribution in [0.3, 0.4) is 0 Å². The Balaban J connectivity index is 1.52. The standard InChI is InChI=1S/C24H28N4O4/c1-16-21-19(18-7-5-4-6-8-18)15-20(29)28(22(21)26(3)25-16)17(2)23(30)27-11-9-24(10-12-27)31-13-14-32-24/h4-8,15,17H,9-14H2,1-3H3. The van der Waals surface area contributed by atoms with E-state index >= 15 is 0 Å². The van der Waals surface area contributed by atoms with Gasteiger partial charge in [0, 0.05) is 44.4 Å². The molecular weight excluding hydrogens is 408 g/mol. The molecule has 0 bridgehead atoms. The first-order valence-electron chi connectivity index (χ1n) is 11.1. The van der Waals surface area contributed by atoms with E-state index in [0.717, 1.165) is 22.2 Å². The molecule has 1 amide bonds. The van der Waals surface area contributed by atoms with Gasteiger partial charge in [-0.1, -0.05) is 30.3 Å². The van der Waals surface area contributed by atoms with Crippen molar-refractivity contribution in [1.82, 2.24) is 19.2 Å². The van der Waals surface area contributed by atoms with Gasteiger partial charge in [0.05, 0.1) is 18.9 Å². The van der Waals surface area contributed by atoms with Crippen LogP contribution in [0.2, 0.25) is 0 Å². The molecule has 1 spiro atoms. The zero-order valence-corrected chi connectivity index (χ0v) is 18.7. The molecule has 0 aliphatic carbocycles. The third kappa shape index (κ3) is 3.34. The Morgan fingerprint density at radius 1 is 1.12 bits per heavy atom. The molecule has 2 saturated heterocycles. The maximum atomic E-state index is 13.4. The fraction of sp³-hybridized carbons (Fsp3) is 0.458. The molecule has 1 atom stereocenters. The molecule has 4 heterocycles. The van der Waals surface area contributed by atoms with Gasteiger partial charge in [0.2, 0.25) is 5.91 Å². The maximum Gasteiger partial charge on any atom is 0.253 e. The van der Waals surface area contributed by atoms with Gasteiger partial charge in [-0.3, -0.25) is 18.8 Å². The summed E-state index contributed by atoms with van der Waals surface area (Å²) in [6.45, 7) is 6.03. The van der Waals surface area contributed by atoms with Crippen LogP contribution in [0.25, 0.3) is 22.2 Å². The van der Waals surface area contributed by atoms with Crippen LogP contribution < -0.4 is 5.56 Å². The molecule has 1 unspecified atom stereocenters. The molecule has 2 fully saturated rings. The van der Waals surface area contributed by atoms with Gasteiger partial charge in [0.25, 0.3) is 5.56 Å². The number of fused-ring (bicyclic) bond motifs is 1. The van der Waals surface area contributed by atoms with E-state index in [0.29, 0.717) is 44.8 Å². The Bertz CT molecular complexity index is 1210. The van der Waals surface area contributed by atoms with E-state index in [1.807, 2.05) is 49.2 Å². The van der Waals surface area contributed by atoms with E-state index in [2.05, 4.69) is 5.10 Å². The van der Waals surface area contributed by atoms with Gasteiger partial charge in [-0.15, -0.1) is 0 Å². The van der Waals surface area contributed by atoms with Crippen LogP contribution in [0.1, 0.15) is 31.5 Å². The van der Waals surface area contributed by atoms with Crippen molar-refractivity contribution in [3.63, 3.8) is 0 Å². The van der Waals surface area contributed by atoms with Crippen LogP contribution in [0.15, 0.2) is 41.2 Å². The summed E-state index contributed by atoms with van der Waals surface area (Å²) in [5, 5.41) is 5.47. The van der Waals surface area contributed by atoms with Crippen LogP contribution in [-0.4, -0.2) is 57.2 Å². The second-order valence-corrected chi connectivity index (χ2v) is 8.65. The molecule has 0 N–H and O–H groups in total. The van der Waals surface area contributed by atoms with Gasteiger partial charge < -0.3 is 14.4 Å². The van der Waals surface area contributed by atoms with Crippen molar-refractivity contribution in [2.75, 3.05) is 26.3 Å². The minimum Gasteiger partial charge on any atom is -0.347 e. The molecule has 2 aliphatic heterocycles. The smallest absolute Gasteiger partial charge is 0.253 e. The third-order valence-corrected chi connectivity index (χ3v) is 6.67. The van der Waals surface area contributed by atoms with Crippen molar-refractivity contribution in [1.29, 1.82) is 0 Å². The highest BCUT2D eigenvalue weighted by atomic mass is 16.7. The number of pyridine rings is 1. The molecule has 3 aromatic rings. The van der Waals surface area contributed by atoms with Gasteiger partial charge in [0.1, 0.15) is 11.7 Å². The van der Waals surface area contributed by atoms with Gasteiger partial charge >= 0.3 is 0 Å². The van der Waals surface area contributed by atoms with Crippen molar-refractivity contribution in [3.05, 3.63) is 52.4 Å². The number of benzene rings is 1. The number of nitrogens with zero attached hydrogens (tertiary/aromatic N) is 4. The summed E-state index contributed by atoms with van der Waals surface area (Å²) < 4.78 is 14.8. The highest BCUT2D eigenvalue weighted by Crippen LogP contribution is 2.33. The summed E-state index contributed by atoms with van der Waals surface area (Å²) in [4.78, 5) is 28.6. The number of likely N-dealkylation sites (tertiary alicyclic amines) is 1. The number of piperidine rings is 1. The Kier molecular flexibility index (Phi) is 5.14. The molecule has 0 radical (unpaired) electrons. The van der Waals surface area contributed by atoms with Crippen LogP contribution in [0, 0.1) is 6.92 Å². The highest BCUT2D eigenvalue weighted by Gasteiger charge is 2.41. The summed E-state index contributed by atoms with van der Waals surface area (Å²) >= 11 is 0. The van der Waals surface area contributed by atoms with Crippen molar-refractivity contribution in [3.8, 4) is 11.1 Å². The number of amides is 1. The van der Waals surface area contributed by atoms with E-state index in [9.17, 15) is 9.59 Å². The molecular formula is C24H28N4O4. The molecule has 1 aromatic carbocycles. The van der Waals surface area contributed by atoms with E-state index < -0.39 is 11.8 Å². The number of aryl methyl sites for hydroxylation is 2. The van der Waals surface area contributed by atoms with Gasteiger partial charge in [0.15, 0.2) is 5.79 Å². The molecule has 8 heteroatoms. The van der Waals surface area contributed by atoms with Crippen molar-refractivity contribution in [2.45, 2.75) is 38.5 Å². The van der Waals surface area contributed by atoms with Gasteiger partial charge in [-0.05, 0) is 25.0 Å². The number of carbonyl (C=O) groups is 1. The minimum atomic E-state index is -0.649. The number of ether oxygens (including phenoxy) is 2. The molecule has 5 rings (SSSR count). The van der Waals surface area contributed by atoms with Crippen LogP contribution in [0.5, 0.6) is 0 Å². The molecule has 2 aromatic heterocycles. The number of hydrogen-bond acceptors (Lipinski definition) is 5. The molecule has 0 saturated carbocycles. The first-order valence-corrected chi connectivity index (χ1v) is 11.1. The fourth-order valence-corrected chi connectivity index (χ4v) is 5.06. The summed E-state index contributed by atoms with van der Waals surface area (Å²) in [6.07, 6.45) is 1.29. The number of carbonyl (C=O) groups excluding carboxylic acids is 1. The summed E-state index contributed by atoms with van der Waals surface area (Å²) in [6, 6.07) is 10.8. The predicted octanol–water partition coefficient (Wildman–Crippen LogP) is 2.64. The lowest BCUT2D eigenvalue weighted by Crippen LogP contribution is -2.49. The van der Waals surface area contributed by atoms with E-state index in [4.69, 9.17) is 9.47 Å².